The van der Waals surface area contributed by atoms with E-state index in [1.807, 2.05) is 24.3 Å². The van der Waals surface area contributed by atoms with Crippen molar-refractivity contribution in [1.82, 2.24) is 0 Å². The molecule has 0 saturated heterocycles. The van der Waals surface area contributed by atoms with Gasteiger partial charge in [-0.15, -0.1) is 0 Å². The van der Waals surface area contributed by atoms with E-state index in [-0.39, 0.29) is 6.04 Å². The van der Waals surface area contributed by atoms with Crippen molar-refractivity contribution in [1.29, 1.82) is 0 Å². The van der Waals surface area contributed by atoms with Gasteiger partial charge in [0.2, 0.25) is 0 Å². The first-order chi connectivity index (χ1) is 6.33. The summed E-state index contributed by atoms with van der Waals surface area (Å²) in [6, 6.07) is 7.28. The first kappa shape index (κ1) is 8.10. The number of aliphatic hydroxyl groups excluding tert-OH is 1. The van der Waals surface area contributed by atoms with Gasteiger partial charge < -0.3 is 5.11 Å². The molecule has 0 bridgehead atoms. The molecule has 1 aromatic carbocycles. The first-order valence-corrected chi connectivity index (χ1v) is 4.13. The van der Waals surface area contributed by atoms with Crippen molar-refractivity contribution in [2.45, 2.75) is 18.6 Å². The van der Waals surface area contributed by atoms with Gasteiger partial charge >= 0.3 is 0 Å². The first-order valence-electron chi connectivity index (χ1n) is 4.13. The Hall–Kier alpha value is -1.51. The second-order valence-corrected chi connectivity index (χ2v) is 3.12. The van der Waals surface area contributed by atoms with E-state index >= 15 is 0 Å². The van der Waals surface area contributed by atoms with Crippen LogP contribution in [-0.2, 0) is 6.42 Å². The Morgan fingerprint density at radius 2 is 2.23 bits per heavy atom. The molecule has 0 heterocycles. The zero-order valence-electron chi connectivity index (χ0n) is 6.96. The molecule has 1 aliphatic rings. The smallest absolute Gasteiger partial charge is 0.0880 e. The number of fused-ring (bicyclic) bond motifs is 1. The van der Waals surface area contributed by atoms with Crippen LogP contribution in [0.4, 0.5) is 0 Å². The van der Waals surface area contributed by atoms with Gasteiger partial charge in [0.1, 0.15) is 0 Å². The number of aliphatic hydroxyl groups is 1. The third kappa shape index (κ3) is 1.26. The largest absolute Gasteiger partial charge is 0.388 e. The Kier molecular flexibility index (Phi) is 1.93. The highest BCUT2D eigenvalue weighted by atomic mass is 16.3. The minimum absolute atomic E-state index is 0.331. The van der Waals surface area contributed by atoms with Crippen molar-refractivity contribution < 1.29 is 5.11 Å². The average Bonchev–Trinajstić information content (AvgIpc) is 2.46. The fourth-order valence-corrected chi connectivity index (χ4v) is 1.72. The normalized spacial score (nSPS) is 25.0. The lowest BCUT2D eigenvalue weighted by molar-refractivity contribution is 0.159. The summed E-state index contributed by atoms with van der Waals surface area (Å²) in [5.74, 6) is 0. The van der Waals surface area contributed by atoms with Gasteiger partial charge in [0.25, 0.3) is 0 Å². The van der Waals surface area contributed by atoms with E-state index in [1.54, 1.807) is 0 Å². The highest BCUT2D eigenvalue weighted by molar-refractivity contribution is 5.35. The van der Waals surface area contributed by atoms with E-state index in [2.05, 4.69) is 10.0 Å². The van der Waals surface area contributed by atoms with E-state index in [0.717, 1.165) is 11.1 Å². The lowest BCUT2D eigenvalue weighted by Crippen LogP contribution is -2.09. The van der Waals surface area contributed by atoms with Crippen molar-refractivity contribution in [3.63, 3.8) is 0 Å². The highest BCUT2D eigenvalue weighted by Crippen LogP contribution is 2.32. The van der Waals surface area contributed by atoms with Crippen molar-refractivity contribution in [2.24, 2.45) is 5.11 Å². The van der Waals surface area contributed by atoms with Crippen LogP contribution in [0.25, 0.3) is 10.4 Å². The van der Waals surface area contributed by atoms with Crippen molar-refractivity contribution in [3.05, 3.63) is 45.8 Å². The van der Waals surface area contributed by atoms with Crippen LogP contribution in [0.1, 0.15) is 17.2 Å². The molecule has 4 nitrogen and oxygen atoms in total. The van der Waals surface area contributed by atoms with Gasteiger partial charge in [-0.25, -0.2) is 0 Å². The molecule has 0 radical (unpaired) electrons. The number of benzene rings is 1. The van der Waals surface area contributed by atoms with E-state index in [4.69, 9.17) is 5.53 Å². The minimum Gasteiger partial charge on any atom is -0.388 e. The van der Waals surface area contributed by atoms with E-state index in [0.29, 0.717) is 6.42 Å². The van der Waals surface area contributed by atoms with Crippen LogP contribution in [0.2, 0.25) is 0 Å². The van der Waals surface area contributed by atoms with Gasteiger partial charge in [-0.1, -0.05) is 29.4 Å². The topological polar surface area (TPSA) is 69.0 Å². The Labute approximate surface area is 75.4 Å². The van der Waals surface area contributed by atoms with Crippen molar-refractivity contribution in [2.75, 3.05) is 0 Å². The average molecular weight is 175 g/mol. The molecule has 1 N–H and O–H groups in total. The van der Waals surface area contributed by atoms with Gasteiger partial charge in [-0.3, -0.25) is 0 Å². The van der Waals surface area contributed by atoms with Crippen LogP contribution in [0.5, 0.6) is 0 Å². The van der Waals surface area contributed by atoms with Crippen molar-refractivity contribution >= 4 is 0 Å². The lowest BCUT2D eigenvalue weighted by Gasteiger charge is -2.07. The zero-order valence-corrected chi connectivity index (χ0v) is 6.96. The quantitative estimate of drug-likeness (QED) is 0.395. The molecule has 0 spiro atoms. The maximum absolute atomic E-state index is 9.71. The fraction of sp³-hybridized carbons (Fsp3) is 0.333. The Morgan fingerprint density at radius 3 is 2.92 bits per heavy atom. The maximum Gasteiger partial charge on any atom is 0.0880 e. The summed E-state index contributed by atoms with van der Waals surface area (Å²) in [5.41, 5.74) is 10.2. The van der Waals surface area contributed by atoms with Gasteiger partial charge in [-0.05, 0) is 23.1 Å². The molecule has 0 amide bonds. The summed E-state index contributed by atoms with van der Waals surface area (Å²) in [6.07, 6.45) is 0.00796. The number of hydrogen-bond acceptors (Lipinski definition) is 2. The molecule has 2 rings (SSSR count). The molecule has 0 fully saturated rings. The van der Waals surface area contributed by atoms with Gasteiger partial charge in [0, 0.05) is 4.91 Å². The summed E-state index contributed by atoms with van der Waals surface area (Å²) in [6.45, 7) is 0. The molecule has 4 heteroatoms. The molecule has 0 unspecified atom stereocenters. The third-order valence-electron chi connectivity index (χ3n) is 2.37. The number of nitrogens with zero attached hydrogens (tertiary/aromatic N) is 3. The van der Waals surface area contributed by atoms with Crippen LogP contribution in [0, 0.1) is 0 Å². The number of azide groups is 1. The molecule has 13 heavy (non-hydrogen) atoms. The summed E-state index contributed by atoms with van der Waals surface area (Å²) in [5, 5.41) is 13.3. The van der Waals surface area contributed by atoms with Crippen LogP contribution in [0.15, 0.2) is 29.4 Å². The van der Waals surface area contributed by atoms with Gasteiger partial charge in [0.15, 0.2) is 0 Å². The molecule has 2 atom stereocenters. The van der Waals surface area contributed by atoms with Crippen LogP contribution in [0.3, 0.4) is 0 Å². The standard InChI is InChI=1S/C9H9N3O/c10-12-11-8-5-6-3-1-2-4-7(6)9(8)13/h1-4,8-9,13H,5H2/t8-,9-/m1/s1. The molecular formula is C9H9N3O. The number of hydrogen-bond donors (Lipinski definition) is 1. The zero-order chi connectivity index (χ0) is 9.26. The van der Waals surface area contributed by atoms with Crippen LogP contribution < -0.4 is 0 Å². The van der Waals surface area contributed by atoms with Crippen molar-refractivity contribution in [3.8, 4) is 0 Å². The Morgan fingerprint density at radius 1 is 1.46 bits per heavy atom. The summed E-state index contributed by atoms with van der Waals surface area (Å²) >= 11 is 0. The van der Waals surface area contributed by atoms with E-state index in [1.165, 1.54) is 0 Å². The minimum atomic E-state index is -0.632. The number of rotatable bonds is 1. The Balaban J connectivity index is 2.37. The van der Waals surface area contributed by atoms with E-state index < -0.39 is 6.10 Å². The fourth-order valence-electron chi connectivity index (χ4n) is 1.72. The molecule has 1 aromatic rings. The molecule has 1 aliphatic carbocycles. The van der Waals surface area contributed by atoms with E-state index in [9.17, 15) is 5.11 Å². The molecule has 0 aliphatic heterocycles. The summed E-state index contributed by atoms with van der Waals surface area (Å²) in [7, 11) is 0. The molecular weight excluding hydrogens is 166 g/mol. The third-order valence-corrected chi connectivity index (χ3v) is 2.37. The molecule has 66 valence electrons. The van der Waals surface area contributed by atoms with Crippen LogP contribution >= 0.6 is 0 Å². The van der Waals surface area contributed by atoms with Gasteiger partial charge in [0.05, 0.1) is 12.1 Å². The second-order valence-electron chi connectivity index (χ2n) is 3.12. The predicted molar refractivity (Wildman–Crippen MR) is 48.0 cm³/mol. The Bertz CT molecular complexity index is 371. The SMILES string of the molecule is [N-]=[N+]=N[C@@H]1Cc2ccccc2[C@H]1O. The molecule has 0 aromatic heterocycles. The predicted octanol–water partition coefficient (Wildman–Crippen LogP) is 1.96. The summed E-state index contributed by atoms with van der Waals surface area (Å²) in [4.78, 5) is 2.72. The lowest BCUT2D eigenvalue weighted by atomic mass is 10.1. The molecule has 0 saturated carbocycles. The van der Waals surface area contributed by atoms with Crippen LogP contribution in [-0.4, -0.2) is 11.1 Å². The monoisotopic (exact) mass is 175 g/mol. The summed E-state index contributed by atoms with van der Waals surface area (Å²) < 4.78 is 0. The van der Waals surface area contributed by atoms with Gasteiger partial charge in [-0.2, -0.15) is 0 Å². The second kappa shape index (κ2) is 3.09. The maximum atomic E-state index is 9.71. The highest BCUT2D eigenvalue weighted by Gasteiger charge is 2.29.